The Morgan fingerprint density at radius 3 is 2.50 bits per heavy atom. The number of benzene rings is 2. The molecule has 5 heteroatoms. The van der Waals surface area contributed by atoms with E-state index in [1.807, 2.05) is 32.0 Å². The molecule has 1 aliphatic heterocycles. The molecular formula is C19H20N2O3. The molecule has 124 valence electrons. The molecule has 1 heterocycles. The molecule has 2 amide bonds. The highest BCUT2D eigenvalue weighted by atomic mass is 16.5. The van der Waals surface area contributed by atoms with E-state index in [4.69, 9.17) is 10.5 Å². The van der Waals surface area contributed by atoms with Crippen LogP contribution >= 0.6 is 0 Å². The van der Waals surface area contributed by atoms with Crippen LogP contribution in [0.15, 0.2) is 42.5 Å². The fourth-order valence-electron chi connectivity index (χ4n) is 2.86. The van der Waals surface area contributed by atoms with Gasteiger partial charge in [-0.05, 0) is 42.2 Å². The summed E-state index contributed by atoms with van der Waals surface area (Å²) < 4.78 is 5.76. The minimum Gasteiger partial charge on any atom is -0.480 e. The van der Waals surface area contributed by atoms with Crippen molar-refractivity contribution in [3.63, 3.8) is 0 Å². The first kappa shape index (κ1) is 16.1. The molecule has 0 aliphatic carbocycles. The SMILES string of the molecule is Cc1cc2c(cc1C)OC(C(=O)NC(C(N)=O)c1ccccc1)C2. The Morgan fingerprint density at radius 1 is 1.17 bits per heavy atom. The lowest BCUT2D eigenvalue weighted by molar-refractivity contribution is -0.131. The van der Waals surface area contributed by atoms with Crippen molar-refractivity contribution < 1.29 is 14.3 Å². The lowest BCUT2D eigenvalue weighted by atomic mass is 10.0. The van der Waals surface area contributed by atoms with Crippen molar-refractivity contribution in [2.75, 3.05) is 0 Å². The summed E-state index contributed by atoms with van der Waals surface area (Å²) in [4.78, 5) is 24.3. The quantitative estimate of drug-likeness (QED) is 0.902. The Kier molecular flexibility index (Phi) is 4.25. The third kappa shape index (κ3) is 3.11. The number of amides is 2. The second-order valence-corrected chi connectivity index (χ2v) is 6.11. The number of nitrogens with one attached hydrogen (secondary N) is 1. The zero-order valence-corrected chi connectivity index (χ0v) is 13.7. The van der Waals surface area contributed by atoms with Gasteiger partial charge in [0.05, 0.1) is 0 Å². The summed E-state index contributed by atoms with van der Waals surface area (Å²) in [6.45, 7) is 4.03. The Labute approximate surface area is 140 Å². The summed E-state index contributed by atoms with van der Waals surface area (Å²) in [6, 6.07) is 12.1. The predicted molar refractivity (Wildman–Crippen MR) is 90.6 cm³/mol. The van der Waals surface area contributed by atoms with Gasteiger partial charge < -0.3 is 15.8 Å². The van der Waals surface area contributed by atoms with E-state index < -0.39 is 18.1 Å². The summed E-state index contributed by atoms with van der Waals surface area (Å²) in [6.07, 6.45) is -0.158. The number of aryl methyl sites for hydroxylation is 2. The van der Waals surface area contributed by atoms with Crippen molar-refractivity contribution in [3.8, 4) is 5.75 Å². The highest BCUT2D eigenvalue weighted by Gasteiger charge is 2.32. The van der Waals surface area contributed by atoms with Gasteiger partial charge in [0.2, 0.25) is 5.91 Å². The molecule has 24 heavy (non-hydrogen) atoms. The molecule has 0 radical (unpaired) electrons. The molecule has 2 atom stereocenters. The molecule has 3 rings (SSSR count). The van der Waals surface area contributed by atoms with Gasteiger partial charge in [-0.2, -0.15) is 0 Å². The first-order valence-corrected chi connectivity index (χ1v) is 7.87. The maximum absolute atomic E-state index is 12.5. The fraction of sp³-hybridized carbons (Fsp3) is 0.263. The van der Waals surface area contributed by atoms with E-state index in [9.17, 15) is 9.59 Å². The molecule has 2 aromatic carbocycles. The van der Waals surface area contributed by atoms with Crippen LogP contribution < -0.4 is 15.8 Å². The first-order chi connectivity index (χ1) is 11.5. The first-order valence-electron chi connectivity index (χ1n) is 7.87. The monoisotopic (exact) mass is 324 g/mol. The van der Waals surface area contributed by atoms with Crippen molar-refractivity contribution in [2.24, 2.45) is 5.73 Å². The smallest absolute Gasteiger partial charge is 0.262 e. The molecule has 0 spiro atoms. The molecule has 0 fully saturated rings. The van der Waals surface area contributed by atoms with Crippen molar-refractivity contribution in [2.45, 2.75) is 32.4 Å². The van der Waals surface area contributed by atoms with E-state index in [1.165, 1.54) is 0 Å². The number of ether oxygens (including phenoxy) is 1. The van der Waals surface area contributed by atoms with Gasteiger partial charge in [-0.1, -0.05) is 36.4 Å². The second-order valence-electron chi connectivity index (χ2n) is 6.11. The summed E-state index contributed by atoms with van der Waals surface area (Å²) in [5, 5.41) is 2.70. The van der Waals surface area contributed by atoms with Crippen LogP contribution in [0.3, 0.4) is 0 Å². The maximum Gasteiger partial charge on any atom is 0.262 e. The van der Waals surface area contributed by atoms with Crippen LogP contribution in [0.4, 0.5) is 0 Å². The van der Waals surface area contributed by atoms with E-state index in [1.54, 1.807) is 24.3 Å². The van der Waals surface area contributed by atoms with Crippen LogP contribution in [0.1, 0.15) is 28.3 Å². The number of carbonyl (C=O) groups excluding carboxylic acids is 2. The summed E-state index contributed by atoms with van der Waals surface area (Å²) in [7, 11) is 0. The zero-order valence-electron chi connectivity index (χ0n) is 13.7. The summed E-state index contributed by atoms with van der Waals surface area (Å²) >= 11 is 0. The van der Waals surface area contributed by atoms with Crippen LogP contribution in [-0.2, 0) is 16.0 Å². The third-order valence-corrected chi connectivity index (χ3v) is 4.35. The Bertz CT molecular complexity index is 756. The Morgan fingerprint density at radius 2 is 1.83 bits per heavy atom. The molecule has 0 bridgehead atoms. The Balaban J connectivity index is 1.74. The van der Waals surface area contributed by atoms with E-state index in [-0.39, 0.29) is 5.91 Å². The van der Waals surface area contributed by atoms with Crippen molar-refractivity contribution in [3.05, 3.63) is 64.7 Å². The number of rotatable bonds is 4. The van der Waals surface area contributed by atoms with E-state index in [0.29, 0.717) is 12.0 Å². The number of hydrogen-bond donors (Lipinski definition) is 2. The molecule has 0 saturated carbocycles. The van der Waals surface area contributed by atoms with Gasteiger partial charge in [-0.15, -0.1) is 0 Å². The number of nitrogens with two attached hydrogens (primary N) is 1. The van der Waals surface area contributed by atoms with Crippen molar-refractivity contribution >= 4 is 11.8 Å². The molecule has 0 saturated heterocycles. The standard InChI is InChI=1S/C19H20N2O3/c1-11-8-14-10-16(24-15(14)9-12(11)2)19(23)21-17(18(20)22)13-6-4-3-5-7-13/h3-9,16-17H,10H2,1-2H3,(H2,20,22)(H,21,23). The lowest BCUT2D eigenvalue weighted by Crippen LogP contribution is -2.44. The molecule has 5 nitrogen and oxygen atoms in total. The number of hydrogen-bond acceptors (Lipinski definition) is 3. The van der Waals surface area contributed by atoms with Gasteiger partial charge in [0.25, 0.3) is 5.91 Å². The average Bonchev–Trinajstić information content (AvgIpc) is 2.96. The van der Waals surface area contributed by atoms with Gasteiger partial charge in [-0.25, -0.2) is 0 Å². The van der Waals surface area contributed by atoms with Crippen molar-refractivity contribution in [1.82, 2.24) is 5.32 Å². The topological polar surface area (TPSA) is 81.4 Å². The highest BCUT2D eigenvalue weighted by molar-refractivity contribution is 5.90. The van der Waals surface area contributed by atoms with Gasteiger partial charge in [0.15, 0.2) is 6.10 Å². The van der Waals surface area contributed by atoms with E-state index >= 15 is 0 Å². The van der Waals surface area contributed by atoms with Crippen LogP contribution in [0.25, 0.3) is 0 Å². The average molecular weight is 324 g/mol. The molecule has 0 aromatic heterocycles. The minimum absolute atomic E-state index is 0.339. The zero-order chi connectivity index (χ0) is 17.3. The van der Waals surface area contributed by atoms with Gasteiger partial charge in [0.1, 0.15) is 11.8 Å². The predicted octanol–water partition coefficient (Wildman–Crippen LogP) is 1.95. The number of fused-ring (bicyclic) bond motifs is 1. The fourth-order valence-corrected chi connectivity index (χ4v) is 2.86. The van der Waals surface area contributed by atoms with E-state index in [0.717, 1.165) is 22.4 Å². The maximum atomic E-state index is 12.5. The number of primary amides is 1. The van der Waals surface area contributed by atoms with Gasteiger partial charge >= 0.3 is 0 Å². The molecule has 1 aliphatic rings. The molecule has 3 N–H and O–H groups in total. The van der Waals surface area contributed by atoms with Crippen LogP contribution in [0.5, 0.6) is 5.75 Å². The summed E-state index contributed by atoms with van der Waals surface area (Å²) in [5.74, 6) is -0.209. The van der Waals surface area contributed by atoms with E-state index in [2.05, 4.69) is 5.32 Å². The van der Waals surface area contributed by atoms with Gasteiger partial charge in [-0.3, -0.25) is 9.59 Å². The highest BCUT2D eigenvalue weighted by Crippen LogP contribution is 2.31. The minimum atomic E-state index is -0.866. The largest absolute Gasteiger partial charge is 0.480 e. The lowest BCUT2D eigenvalue weighted by Gasteiger charge is -2.18. The Hall–Kier alpha value is -2.82. The van der Waals surface area contributed by atoms with Gasteiger partial charge in [0, 0.05) is 6.42 Å². The van der Waals surface area contributed by atoms with Crippen LogP contribution in [0.2, 0.25) is 0 Å². The van der Waals surface area contributed by atoms with Crippen molar-refractivity contribution in [1.29, 1.82) is 0 Å². The molecule has 2 unspecified atom stereocenters. The molecule has 2 aromatic rings. The number of carbonyl (C=O) groups is 2. The summed E-state index contributed by atoms with van der Waals surface area (Å²) in [5.41, 5.74) is 9.39. The third-order valence-electron chi connectivity index (χ3n) is 4.35. The normalized spacial score (nSPS) is 16.8. The molecular weight excluding hydrogens is 304 g/mol. The van der Waals surface area contributed by atoms with Crippen LogP contribution in [-0.4, -0.2) is 17.9 Å². The van der Waals surface area contributed by atoms with Crippen LogP contribution in [0, 0.1) is 13.8 Å². The second kappa shape index (κ2) is 6.35.